The summed E-state index contributed by atoms with van der Waals surface area (Å²) in [6.45, 7) is 0. The zero-order valence-electron chi connectivity index (χ0n) is 29.3. The monoisotopic (exact) mass is 688 g/mol. The van der Waals surface area contributed by atoms with Gasteiger partial charge in [-0.1, -0.05) is 146 Å². The number of para-hydroxylation sites is 3. The van der Waals surface area contributed by atoms with E-state index in [2.05, 4.69) is 191 Å². The van der Waals surface area contributed by atoms with E-state index in [1.807, 2.05) is 12.1 Å². The maximum absolute atomic E-state index is 5.21. The smallest absolute Gasteiger partial charge is 0.161 e. The summed E-state index contributed by atoms with van der Waals surface area (Å²) in [5, 5.41) is 7.24. The van der Waals surface area contributed by atoms with E-state index in [9.17, 15) is 0 Å². The van der Waals surface area contributed by atoms with Crippen LogP contribution in [-0.4, -0.2) is 19.1 Å². The standard InChI is InChI=1S/C50H32N4/c1-4-16-33(17-5-1)41-32-42(34-18-6-2-7-19-34)52-50(51-41)38-26-14-25-37-36(38)24-15-29-43(37)54-45-28-13-11-23-40(45)49-47(54)31-30-46-48(49)39-22-10-12-27-44(39)53(46)35-20-8-3-9-21-35/h1-32H. The molecule has 0 bridgehead atoms. The van der Waals surface area contributed by atoms with Crippen LogP contribution in [0.3, 0.4) is 0 Å². The molecule has 0 aliphatic rings. The topological polar surface area (TPSA) is 35.6 Å². The van der Waals surface area contributed by atoms with E-state index in [-0.39, 0.29) is 0 Å². The van der Waals surface area contributed by atoms with E-state index in [1.165, 1.54) is 43.6 Å². The molecule has 11 aromatic rings. The molecule has 8 aromatic carbocycles. The second-order valence-electron chi connectivity index (χ2n) is 13.8. The fourth-order valence-electron chi connectivity index (χ4n) is 8.40. The van der Waals surface area contributed by atoms with Gasteiger partial charge in [-0.15, -0.1) is 0 Å². The van der Waals surface area contributed by atoms with Crippen molar-refractivity contribution in [3.05, 3.63) is 194 Å². The Kier molecular flexibility index (Phi) is 6.82. The van der Waals surface area contributed by atoms with Crippen LogP contribution in [0.15, 0.2) is 194 Å². The number of nitrogens with zero attached hydrogens (tertiary/aromatic N) is 4. The molecule has 0 spiro atoms. The molecule has 0 aliphatic carbocycles. The lowest BCUT2D eigenvalue weighted by molar-refractivity contribution is 1.18. The molecule has 0 unspecified atom stereocenters. The number of hydrogen-bond donors (Lipinski definition) is 0. The summed E-state index contributed by atoms with van der Waals surface area (Å²) < 4.78 is 4.84. The number of fused-ring (bicyclic) bond motifs is 8. The summed E-state index contributed by atoms with van der Waals surface area (Å²) in [5.74, 6) is 0.704. The van der Waals surface area contributed by atoms with Crippen molar-refractivity contribution in [1.82, 2.24) is 19.1 Å². The van der Waals surface area contributed by atoms with Crippen molar-refractivity contribution < 1.29 is 0 Å². The molecule has 0 atom stereocenters. The van der Waals surface area contributed by atoms with Crippen molar-refractivity contribution in [2.75, 3.05) is 0 Å². The zero-order valence-corrected chi connectivity index (χ0v) is 29.3. The molecule has 4 heteroatoms. The van der Waals surface area contributed by atoms with Gasteiger partial charge in [-0.3, -0.25) is 0 Å². The quantitative estimate of drug-likeness (QED) is 0.180. The lowest BCUT2D eigenvalue weighted by Crippen LogP contribution is -1.98. The van der Waals surface area contributed by atoms with Crippen molar-refractivity contribution in [3.63, 3.8) is 0 Å². The highest BCUT2D eigenvalue weighted by atomic mass is 15.0. The molecule has 11 rings (SSSR count). The van der Waals surface area contributed by atoms with Gasteiger partial charge in [0.05, 0.1) is 39.1 Å². The molecule has 0 saturated carbocycles. The van der Waals surface area contributed by atoms with Crippen molar-refractivity contribution in [1.29, 1.82) is 0 Å². The van der Waals surface area contributed by atoms with Gasteiger partial charge in [0.25, 0.3) is 0 Å². The summed E-state index contributed by atoms with van der Waals surface area (Å²) in [6.07, 6.45) is 0. The molecular weight excluding hydrogens is 657 g/mol. The summed E-state index contributed by atoms with van der Waals surface area (Å²) in [7, 11) is 0. The van der Waals surface area contributed by atoms with Crippen LogP contribution in [0.2, 0.25) is 0 Å². The number of rotatable bonds is 5. The van der Waals surface area contributed by atoms with Gasteiger partial charge in [-0.2, -0.15) is 0 Å². The van der Waals surface area contributed by atoms with Crippen LogP contribution < -0.4 is 0 Å². The van der Waals surface area contributed by atoms with Crippen LogP contribution in [0.5, 0.6) is 0 Å². The number of hydrogen-bond acceptors (Lipinski definition) is 2. The molecule has 4 nitrogen and oxygen atoms in total. The first kappa shape index (κ1) is 30.3. The number of benzene rings is 8. The van der Waals surface area contributed by atoms with Crippen molar-refractivity contribution in [2.45, 2.75) is 0 Å². The predicted molar refractivity (Wildman–Crippen MR) is 225 cm³/mol. The third kappa shape index (κ3) is 4.64. The highest BCUT2D eigenvalue weighted by Gasteiger charge is 2.22. The summed E-state index contributed by atoms with van der Waals surface area (Å²) in [4.78, 5) is 10.4. The lowest BCUT2D eigenvalue weighted by Gasteiger charge is -2.15. The second kappa shape index (κ2) is 12.1. The first-order valence-corrected chi connectivity index (χ1v) is 18.3. The third-order valence-corrected chi connectivity index (χ3v) is 10.7. The molecule has 0 N–H and O–H groups in total. The van der Waals surface area contributed by atoms with E-state index >= 15 is 0 Å². The van der Waals surface area contributed by atoms with E-state index in [4.69, 9.17) is 9.97 Å². The van der Waals surface area contributed by atoms with Crippen molar-refractivity contribution in [2.24, 2.45) is 0 Å². The van der Waals surface area contributed by atoms with Crippen LogP contribution in [0.25, 0.3) is 99.7 Å². The van der Waals surface area contributed by atoms with Crippen LogP contribution in [0.4, 0.5) is 0 Å². The van der Waals surface area contributed by atoms with Crippen LogP contribution in [0.1, 0.15) is 0 Å². The molecular formula is C50H32N4. The minimum atomic E-state index is 0.704. The van der Waals surface area contributed by atoms with E-state index in [0.717, 1.165) is 50.2 Å². The molecule has 0 fully saturated rings. The minimum Gasteiger partial charge on any atom is -0.309 e. The van der Waals surface area contributed by atoms with E-state index in [0.29, 0.717) is 5.82 Å². The Morgan fingerprint density at radius 1 is 0.333 bits per heavy atom. The van der Waals surface area contributed by atoms with Gasteiger partial charge in [-0.25, -0.2) is 9.97 Å². The first-order chi connectivity index (χ1) is 26.8. The highest BCUT2D eigenvalue weighted by molar-refractivity contribution is 6.29. The Balaban J connectivity index is 1.18. The second-order valence-corrected chi connectivity index (χ2v) is 13.8. The fraction of sp³-hybridized carbons (Fsp3) is 0. The van der Waals surface area contributed by atoms with E-state index < -0.39 is 0 Å². The summed E-state index contributed by atoms with van der Waals surface area (Å²) >= 11 is 0. The average Bonchev–Trinajstić information content (AvgIpc) is 3.77. The van der Waals surface area contributed by atoms with Crippen LogP contribution >= 0.6 is 0 Å². The molecule has 252 valence electrons. The van der Waals surface area contributed by atoms with E-state index in [1.54, 1.807) is 0 Å². The van der Waals surface area contributed by atoms with Gasteiger partial charge >= 0.3 is 0 Å². The van der Waals surface area contributed by atoms with Gasteiger partial charge in [0.15, 0.2) is 5.82 Å². The SMILES string of the molecule is c1ccc(-c2cc(-c3ccccc3)nc(-c3cccc4c(-n5c6ccccc6c6c7c8ccccc8n(-c8ccccc8)c7ccc65)cccc34)n2)cc1. The molecule has 0 saturated heterocycles. The summed E-state index contributed by atoms with van der Waals surface area (Å²) in [5.41, 5.74) is 11.9. The fourth-order valence-corrected chi connectivity index (χ4v) is 8.40. The molecule has 0 amide bonds. The van der Waals surface area contributed by atoms with Crippen LogP contribution in [0, 0.1) is 0 Å². The molecule has 0 aliphatic heterocycles. The average molecular weight is 689 g/mol. The Bertz CT molecular complexity index is 3140. The maximum atomic E-state index is 5.21. The Morgan fingerprint density at radius 3 is 1.44 bits per heavy atom. The lowest BCUT2D eigenvalue weighted by atomic mass is 10.0. The largest absolute Gasteiger partial charge is 0.309 e. The summed E-state index contributed by atoms with van der Waals surface area (Å²) in [6, 6.07) is 68.9. The minimum absolute atomic E-state index is 0.704. The molecule has 3 aromatic heterocycles. The maximum Gasteiger partial charge on any atom is 0.161 e. The Morgan fingerprint density at radius 2 is 0.815 bits per heavy atom. The molecule has 54 heavy (non-hydrogen) atoms. The van der Waals surface area contributed by atoms with Gasteiger partial charge < -0.3 is 9.13 Å². The molecule has 3 heterocycles. The predicted octanol–water partition coefficient (Wildman–Crippen LogP) is 12.8. The van der Waals surface area contributed by atoms with Gasteiger partial charge in [-0.05, 0) is 53.9 Å². The normalized spacial score (nSPS) is 11.7. The Hall–Kier alpha value is -7.30. The van der Waals surface area contributed by atoms with Crippen molar-refractivity contribution >= 4 is 54.4 Å². The van der Waals surface area contributed by atoms with Gasteiger partial charge in [0.2, 0.25) is 0 Å². The first-order valence-electron chi connectivity index (χ1n) is 18.3. The third-order valence-electron chi connectivity index (χ3n) is 10.7. The Labute approximate surface area is 311 Å². The van der Waals surface area contributed by atoms with Gasteiger partial charge in [0, 0.05) is 49.3 Å². The zero-order chi connectivity index (χ0) is 35.6. The highest BCUT2D eigenvalue weighted by Crippen LogP contribution is 2.43. The van der Waals surface area contributed by atoms with Gasteiger partial charge in [0.1, 0.15) is 0 Å². The van der Waals surface area contributed by atoms with Crippen molar-refractivity contribution in [3.8, 4) is 45.3 Å². The number of aromatic nitrogens is 4. The molecule has 0 radical (unpaired) electrons. The van der Waals surface area contributed by atoms with Crippen LogP contribution in [-0.2, 0) is 0 Å².